The van der Waals surface area contributed by atoms with Crippen LogP contribution in [0.15, 0.2) is 36.0 Å². The number of ether oxygens (including phenoxy) is 2. The summed E-state index contributed by atoms with van der Waals surface area (Å²) in [7, 11) is 2.57. The summed E-state index contributed by atoms with van der Waals surface area (Å²) in [6.07, 6.45) is 1.17. The number of methoxy groups -OCH3 is 2. The fourth-order valence-corrected chi connectivity index (χ4v) is 4.97. The van der Waals surface area contributed by atoms with Crippen molar-refractivity contribution in [3.8, 4) is 0 Å². The van der Waals surface area contributed by atoms with Crippen LogP contribution in [0.25, 0.3) is 0 Å². The lowest BCUT2D eigenvalue weighted by Crippen LogP contribution is -2.47. The molecule has 1 aromatic rings. The van der Waals surface area contributed by atoms with E-state index in [2.05, 4.69) is 5.32 Å². The highest BCUT2D eigenvalue weighted by molar-refractivity contribution is 6.06. The van der Waals surface area contributed by atoms with Crippen molar-refractivity contribution in [2.24, 2.45) is 17.8 Å². The van der Waals surface area contributed by atoms with Gasteiger partial charge in [-0.1, -0.05) is 37.3 Å². The Morgan fingerprint density at radius 2 is 1.69 bits per heavy atom. The molecule has 0 spiro atoms. The lowest BCUT2D eigenvalue weighted by atomic mass is 9.65. The van der Waals surface area contributed by atoms with Crippen molar-refractivity contribution >= 4 is 23.9 Å². The third kappa shape index (κ3) is 2.82. The van der Waals surface area contributed by atoms with Gasteiger partial charge in [0.05, 0.1) is 38.5 Å². The molecule has 1 fully saturated rings. The summed E-state index contributed by atoms with van der Waals surface area (Å²) in [6.45, 7) is 1.85. The summed E-state index contributed by atoms with van der Waals surface area (Å²) in [6, 6.07) is 6.75. The molecule has 2 heterocycles. The molecule has 0 unspecified atom stereocenters. The third-order valence-corrected chi connectivity index (χ3v) is 6.16. The zero-order chi connectivity index (χ0) is 20.9. The van der Waals surface area contributed by atoms with Crippen molar-refractivity contribution in [3.63, 3.8) is 0 Å². The van der Waals surface area contributed by atoms with Crippen molar-refractivity contribution in [3.05, 3.63) is 47.2 Å². The molecular weight excluding hydrogens is 376 g/mol. The molecule has 0 saturated carbocycles. The third-order valence-electron chi connectivity index (χ3n) is 6.16. The molecule has 1 saturated heterocycles. The van der Waals surface area contributed by atoms with E-state index in [9.17, 15) is 19.2 Å². The Morgan fingerprint density at radius 3 is 2.34 bits per heavy atom. The van der Waals surface area contributed by atoms with Gasteiger partial charge in [0.25, 0.3) is 0 Å². The minimum Gasteiger partial charge on any atom is -0.469 e. The second kappa shape index (κ2) is 7.02. The zero-order valence-electron chi connectivity index (χ0n) is 16.4. The van der Waals surface area contributed by atoms with Gasteiger partial charge in [0.2, 0.25) is 11.8 Å². The van der Waals surface area contributed by atoms with Gasteiger partial charge in [-0.3, -0.25) is 24.6 Å². The average molecular weight is 398 g/mol. The highest BCUT2D eigenvalue weighted by Crippen LogP contribution is 2.54. The largest absolute Gasteiger partial charge is 0.469 e. The van der Waals surface area contributed by atoms with Gasteiger partial charge in [0.15, 0.2) is 0 Å². The van der Waals surface area contributed by atoms with Gasteiger partial charge < -0.3 is 9.47 Å². The van der Waals surface area contributed by atoms with Gasteiger partial charge in [0.1, 0.15) is 0 Å². The van der Waals surface area contributed by atoms with E-state index in [4.69, 9.17) is 9.47 Å². The second-order valence-electron chi connectivity index (χ2n) is 7.60. The number of hydrogen-bond acceptors (Lipinski definition) is 6. The molecule has 1 N–H and O–H groups in total. The van der Waals surface area contributed by atoms with Gasteiger partial charge in [-0.25, -0.2) is 4.79 Å². The van der Waals surface area contributed by atoms with E-state index >= 15 is 0 Å². The first kappa shape index (κ1) is 19.2. The number of hydrogen-bond donors (Lipinski definition) is 1. The van der Waals surface area contributed by atoms with Crippen LogP contribution in [0.1, 0.15) is 36.4 Å². The minimum atomic E-state index is -0.627. The summed E-state index contributed by atoms with van der Waals surface area (Å²) in [5.74, 6) is -2.95. The van der Waals surface area contributed by atoms with Gasteiger partial charge in [-0.15, -0.1) is 0 Å². The van der Waals surface area contributed by atoms with Gasteiger partial charge in [-0.2, -0.15) is 0 Å². The molecule has 29 heavy (non-hydrogen) atoms. The van der Waals surface area contributed by atoms with E-state index in [0.29, 0.717) is 5.70 Å². The molecule has 1 aliphatic carbocycles. The fourth-order valence-electron chi connectivity index (χ4n) is 4.97. The molecule has 8 heteroatoms. The first-order valence-corrected chi connectivity index (χ1v) is 9.48. The van der Waals surface area contributed by atoms with E-state index in [0.717, 1.165) is 11.1 Å². The molecule has 152 valence electrons. The van der Waals surface area contributed by atoms with Crippen LogP contribution < -0.4 is 5.32 Å². The summed E-state index contributed by atoms with van der Waals surface area (Å²) in [4.78, 5) is 51.5. The minimum absolute atomic E-state index is 0.0553. The molecule has 0 radical (unpaired) electrons. The number of fused-ring (bicyclic) bond motifs is 5. The van der Waals surface area contributed by atoms with E-state index in [1.54, 1.807) is 0 Å². The fraction of sp³-hybridized carbons (Fsp3) is 0.429. The van der Waals surface area contributed by atoms with Gasteiger partial charge in [-0.05, 0) is 17.0 Å². The molecule has 0 aromatic heterocycles. The monoisotopic (exact) mass is 398 g/mol. The number of carbonyl (C=O) groups excluding carboxylic acids is 4. The van der Waals surface area contributed by atoms with Crippen LogP contribution in [0.4, 0.5) is 4.79 Å². The number of rotatable bonds is 2. The summed E-state index contributed by atoms with van der Waals surface area (Å²) in [5.41, 5.74) is 2.16. The average Bonchev–Trinajstić information content (AvgIpc) is 3.02. The Balaban J connectivity index is 1.94. The van der Waals surface area contributed by atoms with Crippen molar-refractivity contribution < 1.29 is 28.7 Å². The lowest BCUT2D eigenvalue weighted by molar-refractivity contribution is -0.142. The van der Waals surface area contributed by atoms with Crippen LogP contribution in [-0.2, 0) is 23.9 Å². The number of benzene rings is 1. The number of amides is 3. The quantitative estimate of drug-likeness (QED) is 0.603. The van der Waals surface area contributed by atoms with Crippen LogP contribution in [0, 0.1) is 17.8 Å². The molecule has 4 rings (SSSR count). The number of imide groups is 1. The summed E-state index contributed by atoms with van der Waals surface area (Å²) < 4.78 is 9.86. The predicted molar refractivity (Wildman–Crippen MR) is 100 cm³/mol. The van der Waals surface area contributed by atoms with Crippen molar-refractivity contribution in [1.82, 2.24) is 10.2 Å². The van der Waals surface area contributed by atoms with E-state index in [1.165, 1.54) is 19.1 Å². The molecule has 3 amide bonds. The van der Waals surface area contributed by atoms with Crippen molar-refractivity contribution in [2.75, 3.05) is 14.2 Å². The molecule has 1 aromatic carbocycles. The maximum absolute atomic E-state index is 12.8. The molecule has 0 bridgehead atoms. The molecule has 2 aliphatic heterocycles. The van der Waals surface area contributed by atoms with Crippen LogP contribution in [0.2, 0.25) is 0 Å². The summed E-state index contributed by atoms with van der Waals surface area (Å²) >= 11 is 0. The van der Waals surface area contributed by atoms with Crippen LogP contribution in [0.3, 0.4) is 0 Å². The normalized spacial score (nSPS) is 29.8. The lowest BCUT2D eigenvalue weighted by Gasteiger charge is -2.47. The van der Waals surface area contributed by atoms with Gasteiger partial charge in [0, 0.05) is 11.6 Å². The Morgan fingerprint density at radius 1 is 1.03 bits per heavy atom. The van der Waals surface area contributed by atoms with Crippen LogP contribution >= 0.6 is 0 Å². The Bertz CT molecular complexity index is 939. The van der Waals surface area contributed by atoms with Crippen LogP contribution in [0.5, 0.6) is 0 Å². The number of esters is 1. The van der Waals surface area contributed by atoms with E-state index in [-0.39, 0.29) is 24.2 Å². The summed E-state index contributed by atoms with van der Waals surface area (Å²) in [5, 5.41) is 2.44. The number of nitrogens with one attached hydrogen (secondary N) is 1. The molecule has 8 nitrogen and oxygen atoms in total. The van der Waals surface area contributed by atoms with Crippen molar-refractivity contribution in [1.29, 1.82) is 0 Å². The number of allylic oxidation sites excluding steroid dienone is 2. The highest BCUT2D eigenvalue weighted by atomic mass is 16.5. The van der Waals surface area contributed by atoms with E-state index < -0.39 is 35.9 Å². The Hall–Kier alpha value is -3.16. The van der Waals surface area contributed by atoms with E-state index in [1.807, 2.05) is 37.3 Å². The Kier molecular flexibility index (Phi) is 4.64. The first-order valence-electron chi connectivity index (χ1n) is 9.48. The standard InChI is InChI=1S/C21H22N2O6/c1-10-8-14-17(18-16(10)19(25)22-20(18)26)12-7-5-4-6-11(12)13(9-15(24)28-2)23(14)21(27)29-3/h4-8,10,13,16-18H,9H2,1-3H3,(H,22,25,26)/t10-,13+,16-,17-,18-/m1/s1. The topological polar surface area (TPSA) is 102 Å². The van der Waals surface area contributed by atoms with Crippen molar-refractivity contribution in [2.45, 2.75) is 25.3 Å². The number of carbonyl (C=O) groups is 4. The molecule has 5 atom stereocenters. The highest BCUT2D eigenvalue weighted by Gasteiger charge is 2.56. The number of nitrogens with zero attached hydrogens (tertiary/aromatic N) is 1. The first-order chi connectivity index (χ1) is 13.9. The predicted octanol–water partition coefficient (Wildman–Crippen LogP) is 1.88. The SMILES string of the molecule is COC(=O)C[C@H]1c2ccccc2[C@@H]2C(=C[C@@H](C)[C@H]3C(=O)NC(=O)[C@H]32)N1C(=O)OC. The second-order valence-corrected chi connectivity index (χ2v) is 7.60. The van der Waals surface area contributed by atoms with Crippen LogP contribution in [-0.4, -0.2) is 43.0 Å². The van der Waals surface area contributed by atoms with Gasteiger partial charge >= 0.3 is 12.1 Å². The maximum atomic E-state index is 12.8. The zero-order valence-corrected chi connectivity index (χ0v) is 16.4. The molecular formula is C21H22N2O6. The smallest absolute Gasteiger partial charge is 0.414 e. The molecule has 3 aliphatic rings. The maximum Gasteiger partial charge on any atom is 0.414 e. The Labute approximate surface area is 167 Å².